The Morgan fingerprint density at radius 2 is 2.17 bits per heavy atom. The Kier molecular flexibility index (Phi) is 3.39. The van der Waals surface area contributed by atoms with E-state index in [0.717, 1.165) is 25.9 Å². The summed E-state index contributed by atoms with van der Waals surface area (Å²) < 4.78 is 0. The van der Waals surface area contributed by atoms with Gasteiger partial charge in [-0.05, 0) is 30.4 Å². The summed E-state index contributed by atoms with van der Waals surface area (Å²) in [6.45, 7) is 1.70. The molecule has 0 aromatic carbocycles. The third-order valence-electron chi connectivity index (χ3n) is 4.46. The van der Waals surface area contributed by atoms with E-state index in [0.29, 0.717) is 11.8 Å². The van der Waals surface area contributed by atoms with Gasteiger partial charge in [0.05, 0.1) is 0 Å². The standard InChI is InChI=1S/C15H22N2O/c18-15(10-12-4-2-1-3-5-12)17-9-7-14-13(11-17)6-8-16-14/h6,8,12,16H,1-5,7,9-11H2. The molecular weight excluding hydrogens is 224 g/mol. The highest BCUT2D eigenvalue weighted by molar-refractivity contribution is 5.76. The van der Waals surface area contributed by atoms with Crippen molar-refractivity contribution in [3.05, 3.63) is 23.5 Å². The van der Waals surface area contributed by atoms with Gasteiger partial charge >= 0.3 is 0 Å². The number of H-pyrrole nitrogens is 1. The third-order valence-corrected chi connectivity index (χ3v) is 4.46. The summed E-state index contributed by atoms with van der Waals surface area (Å²) >= 11 is 0. The predicted molar refractivity (Wildman–Crippen MR) is 71.1 cm³/mol. The number of amides is 1. The second kappa shape index (κ2) is 5.17. The first kappa shape index (κ1) is 11.8. The van der Waals surface area contributed by atoms with Crippen LogP contribution in [0.1, 0.15) is 49.8 Å². The molecule has 0 saturated heterocycles. The van der Waals surface area contributed by atoms with Crippen LogP contribution >= 0.6 is 0 Å². The Labute approximate surface area is 109 Å². The molecule has 3 rings (SSSR count). The molecule has 1 saturated carbocycles. The molecule has 2 heterocycles. The Morgan fingerprint density at radius 3 is 3.00 bits per heavy atom. The number of rotatable bonds is 2. The fourth-order valence-corrected chi connectivity index (χ4v) is 3.33. The molecule has 1 aliphatic carbocycles. The molecule has 98 valence electrons. The number of nitrogens with one attached hydrogen (secondary N) is 1. The molecule has 1 fully saturated rings. The van der Waals surface area contributed by atoms with Crippen molar-refractivity contribution in [3.63, 3.8) is 0 Å². The van der Waals surface area contributed by atoms with Crippen molar-refractivity contribution in [1.82, 2.24) is 9.88 Å². The van der Waals surface area contributed by atoms with Crippen LogP contribution in [0.3, 0.4) is 0 Å². The molecule has 0 atom stereocenters. The zero-order valence-electron chi connectivity index (χ0n) is 11.0. The number of aromatic amines is 1. The molecule has 0 unspecified atom stereocenters. The van der Waals surface area contributed by atoms with Gasteiger partial charge in [0.1, 0.15) is 0 Å². The monoisotopic (exact) mass is 246 g/mol. The lowest BCUT2D eigenvalue weighted by Crippen LogP contribution is -2.36. The summed E-state index contributed by atoms with van der Waals surface area (Å²) in [6.07, 6.45) is 10.3. The Hall–Kier alpha value is -1.25. The maximum Gasteiger partial charge on any atom is 0.223 e. The molecule has 0 radical (unpaired) electrons. The summed E-state index contributed by atoms with van der Waals surface area (Å²) in [5, 5.41) is 0. The van der Waals surface area contributed by atoms with Crippen molar-refractivity contribution in [2.75, 3.05) is 6.54 Å². The number of carbonyl (C=O) groups excluding carboxylic acids is 1. The van der Waals surface area contributed by atoms with Crippen molar-refractivity contribution in [2.45, 2.75) is 51.5 Å². The van der Waals surface area contributed by atoms with Gasteiger partial charge in [-0.2, -0.15) is 0 Å². The smallest absolute Gasteiger partial charge is 0.223 e. The topological polar surface area (TPSA) is 36.1 Å². The zero-order valence-corrected chi connectivity index (χ0v) is 11.0. The molecule has 1 N–H and O–H groups in total. The van der Waals surface area contributed by atoms with Gasteiger partial charge in [-0.3, -0.25) is 4.79 Å². The van der Waals surface area contributed by atoms with E-state index in [2.05, 4.69) is 11.1 Å². The van der Waals surface area contributed by atoms with E-state index in [-0.39, 0.29) is 0 Å². The van der Waals surface area contributed by atoms with Crippen LogP contribution < -0.4 is 0 Å². The Morgan fingerprint density at radius 1 is 1.33 bits per heavy atom. The van der Waals surface area contributed by atoms with Crippen molar-refractivity contribution in [3.8, 4) is 0 Å². The second-order valence-corrected chi connectivity index (χ2v) is 5.75. The van der Waals surface area contributed by atoms with E-state index in [9.17, 15) is 4.79 Å². The first-order valence-electron chi connectivity index (χ1n) is 7.26. The van der Waals surface area contributed by atoms with Gasteiger partial charge in [-0.15, -0.1) is 0 Å². The van der Waals surface area contributed by atoms with Crippen molar-refractivity contribution in [2.24, 2.45) is 5.92 Å². The first-order valence-corrected chi connectivity index (χ1v) is 7.26. The summed E-state index contributed by atoms with van der Waals surface area (Å²) in [7, 11) is 0. The highest BCUT2D eigenvalue weighted by Crippen LogP contribution is 2.27. The van der Waals surface area contributed by atoms with E-state index < -0.39 is 0 Å². The maximum atomic E-state index is 12.3. The zero-order chi connectivity index (χ0) is 12.4. The minimum Gasteiger partial charge on any atom is -0.365 e. The average molecular weight is 246 g/mol. The molecular formula is C15H22N2O. The van der Waals surface area contributed by atoms with Crippen molar-refractivity contribution < 1.29 is 4.79 Å². The van der Waals surface area contributed by atoms with Gasteiger partial charge in [0, 0.05) is 37.8 Å². The highest BCUT2D eigenvalue weighted by atomic mass is 16.2. The van der Waals surface area contributed by atoms with Gasteiger partial charge in [0.15, 0.2) is 0 Å². The van der Waals surface area contributed by atoms with E-state index in [4.69, 9.17) is 0 Å². The van der Waals surface area contributed by atoms with E-state index >= 15 is 0 Å². The fourth-order valence-electron chi connectivity index (χ4n) is 3.33. The molecule has 3 nitrogen and oxygen atoms in total. The van der Waals surface area contributed by atoms with Gasteiger partial charge in [-0.1, -0.05) is 19.3 Å². The van der Waals surface area contributed by atoms with E-state index in [1.54, 1.807) is 0 Å². The van der Waals surface area contributed by atoms with E-state index in [1.165, 1.54) is 43.4 Å². The molecule has 0 spiro atoms. The normalized spacial score (nSPS) is 20.8. The van der Waals surface area contributed by atoms with Crippen LogP contribution in [0.25, 0.3) is 0 Å². The number of nitrogens with zero attached hydrogens (tertiary/aromatic N) is 1. The van der Waals surface area contributed by atoms with Gasteiger partial charge in [0.2, 0.25) is 5.91 Å². The molecule has 1 aromatic heterocycles. The fraction of sp³-hybridized carbons (Fsp3) is 0.667. The Balaban J connectivity index is 1.57. The average Bonchev–Trinajstić information content (AvgIpc) is 2.87. The van der Waals surface area contributed by atoms with Crippen LogP contribution in [0, 0.1) is 5.92 Å². The molecule has 1 aromatic rings. The van der Waals surface area contributed by atoms with Crippen LogP contribution in [0.15, 0.2) is 12.3 Å². The van der Waals surface area contributed by atoms with Crippen LogP contribution in [0.2, 0.25) is 0 Å². The summed E-state index contributed by atoms with van der Waals surface area (Å²) in [4.78, 5) is 17.6. The first-order chi connectivity index (χ1) is 8.83. The Bertz CT molecular complexity index is 418. The molecule has 0 bridgehead atoms. The molecule has 18 heavy (non-hydrogen) atoms. The minimum absolute atomic E-state index is 0.369. The molecule has 1 amide bonds. The lowest BCUT2D eigenvalue weighted by Gasteiger charge is -2.29. The SMILES string of the molecule is O=C(CC1CCCCC1)N1CCc2[nH]ccc2C1. The third kappa shape index (κ3) is 2.45. The minimum atomic E-state index is 0.369. The molecule has 3 heteroatoms. The van der Waals surface area contributed by atoms with Crippen molar-refractivity contribution in [1.29, 1.82) is 0 Å². The van der Waals surface area contributed by atoms with Crippen LogP contribution in [-0.4, -0.2) is 22.3 Å². The van der Waals surface area contributed by atoms with Gasteiger partial charge in [0.25, 0.3) is 0 Å². The molecule has 2 aliphatic rings. The molecule has 1 aliphatic heterocycles. The van der Waals surface area contributed by atoms with Gasteiger partial charge in [-0.25, -0.2) is 0 Å². The van der Waals surface area contributed by atoms with Crippen molar-refractivity contribution >= 4 is 5.91 Å². The second-order valence-electron chi connectivity index (χ2n) is 5.75. The lowest BCUT2D eigenvalue weighted by atomic mass is 9.86. The van der Waals surface area contributed by atoms with Crippen LogP contribution in [0.5, 0.6) is 0 Å². The summed E-state index contributed by atoms with van der Waals surface area (Å²) in [5.74, 6) is 1.02. The number of hydrogen-bond acceptors (Lipinski definition) is 1. The maximum absolute atomic E-state index is 12.3. The van der Waals surface area contributed by atoms with Crippen LogP contribution in [0.4, 0.5) is 0 Å². The predicted octanol–water partition coefficient (Wildman–Crippen LogP) is 2.87. The summed E-state index contributed by atoms with van der Waals surface area (Å²) in [6, 6.07) is 2.11. The number of aromatic nitrogens is 1. The number of carbonyl (C=O) groups is 1. The van der Waals surface area contributed by atoms with E-state index in [1.807, 2.05) is 11.1 Å². The van der Waals surface area contributed by atoms with Gasteiger partial charge < -0.3 is 9.88 Å². The summed E-state index contributed by atoms with van der Waals surface area (Å²) in [5.41, 5.74) is 2.62. The lowest BCUT2D eigenvalue weighted by molar-refractivity contribution is -0.133. The van der Waals surface area contributed by atoms with Crippen LogP contribution in [-0.2, 0) is 17.8 Å². The number of hydrogen-bond donors (Lipinski definition) is 1. The number of fused-ring (bicyclic) bond motifs is 1. The highest BCUT2D eigenvalue weighted by Gasteiger charge is 2.24. The largest absolute Gasteiger partial charge is 0.365 e. The quantitative estimate of drug-likeness (QED) is 0.855.